The highest BCUT2D eigenvalue weighted by molar-refractivity contribution is 7.90. The highest BCUT2D eigenvalue weighted by atomic mass is 32.2. The number of fused-ring (bicyclic) bond motifs is 1. The Hall–Kier alpha value is -0.0900. The van der Waals surface area contributed by atoms with Crippen molar-refractivity contribution in [3.63, 3.8) is 0 Å². The van der Waals surface area contributed by atoms with Gasteiger partial charge in [0.05, 0.1) is 5.75 Å². The van der Waals surface area contributed by atoms with Gasteiger partial charge in [-0.15, -0.1) is 0 Å². The van der Waals surface area contributed by atoms with Crippen molar-refractivity contribution >= 4 is 9.84 Å². The molecule has 3 atom stereocenters. The van der Waals surface area contributed by atoms with E-state index < -0.39 is 9.84 Å². The van der Waals surface area contributed by atoms with Crippen LogP contribution in [0.15, 0.2) is 0 Å². The van der Waals surface area contributed by atoms with Crippen LogP contribution < -0.4 is 5.32 Å². The normalized spacial score (nSPS) is 39.3. The van der Waals surface area contributed by atoms with Crippen LogP contribution in [0.1, 0.15) is 25.7 Å². The Labute approximate surface area is 79.8 Å². The molecule has 13 heavy (non-hydrogen) atoms. The summed E-state index contributed by atoms with van der Waals surface area (Å²) in [5.41, 5.74) is 0. The van der Waals surface area contributed by atoms with E-state index in [-0.39, 0.29) is 6.04 Å². The van der Waals surface area contributed by atoms with Crippen molar-refractivity contribution in [1.29, 1.82) is 0 Å². The fraction of sp³-hybridized carbons (Fsp3) is 1.00. The second kappa shape index (κ2) is 3.24. The summed E-state index contributed by atoms with van der Waals surface area (Å²) >= 11 is 0. The summed E-state index contributed by atoms with van der Waals surface area (Å²) in [5, 5.41) is 3.43. The maximum Gasteiger partial charge on any atom is 0.148 e. The van der Waals surface area contributed by atoms with Gasteiger partial charge in [-0.05, 0) is 25.2 Å². The summed E-state index contributed by atoms with van der Waals surface area (Å²) in [6.07, 6.45) is 6.23. The third kappa shape index (κ3) is 2.23. The van der Waals surface area contributed by atoms with Gasteiger partial charge in [-0.25, -0.2) is 8.42 Å². The fourth-order valence-corrected chi connectivity index (χ4v) is 3.72. The lowest BCUT2D eigenvalue weighted by Gasteiger charge is -2.11. The van der Waals surface area contributed by atoms with Crippen molar-refractivity contribution in [3.8, 4) is 0 Å². The van der Waals surface area contributed by atoms with Gasteiger partial charge in [-0.2, -0.15) is 0 Å². The van der Waals surface area contributed by atoms with Crippen LogP contribution in [0.2, 0.25) is 0 Å². The van der Waals surface area contributed by atoms with E-state index in [9.17, 15) is 8.42 Å². The predicted molar refractivity (Wildman–Crippen MR) is 52.4 cm³/mol. The first-order valence-electron chi connectivity index (χ1n) is 4.98. The monoisotopic (exact) mass is 203 g/mol. The molecule has 0 amide bonds. The quantitative estimate of drug-likeness (QED) is 0.713. The Kier molecular flexibility index (Phi) is 2.36. The third-order valence-corrected chi connectivity index (χ3v) is 4.21. The van der Waals surface area contributed by atoms with Crippen LogP contribution in [0.25, 0.3) is 0 Å². The Bertz CT molecular complexity index is 274. The number of hydrogen-bond acceptors (Lipinski definition) is 3. The molecule has 0 unspecified atom stereocenters. The lowest BCUT2D eigenvalue weighted by molar-refractivity contribution is 0.517. The minimum Gasteiger partial charge on any atom is -0.310 e. The standard InChI is InChI=1S/C9H17NO2S/c1-13(11,12)6-8-5-7-3-2-4-9(7)10-8/h7-10H,2-6H2,1H3/t7-,8-,9-/m0/s1. The zero-order valence-electron chi connectivity index (χ0n) is 7.99. The molecule has 76 valence electrons. The predicted octanol–water partition coefficient (Wildman–Crippen LogP) is 0.562. The molecule has 1 aliphatic heterocycles. The second-order valence-corrected chi connectivity index (χ2v) is 6.67. The largest absolute Gasteiger partial charge is 0.310 e. The number of nitrogens with one attached hydrogen (secondary N) is 1. The molecule has 1 N–H and O–H groups in total. The zero-order valence-corrected chi connectivity index (χ0v) is 8.81. The molecule has 0 radical (unpaired) electrons. The number of sulfone groups is 1. The maximum atomic E-state index is 11.1. The molecule has 1 saturated heterocycles. The van der Waals surface area contributed by atoms with E-state index in [1.165, 1.54) is 25.5 Å². The highest BCUT2D eigenvalue weighted by Gasteiger charge is 2.37. The molecule has 2 fully saturated rings. The Morgan fingerprint density at radius 3 is 2.77 bits per heavy atom. The van der Waals surface area contributed by atoms with Crippen molar-refractivity contribution < 1.29 is 8.42 Å². The molecule has 4 heteroatoms. The van der Waals surface area contributed by atoms with E-state index in [0.29, 0.717) is 11.8 Å². The minimum absolute atomic E-state index is 0.227. The molecule has 0 aromatic carbocycles. The SMILES string of the molecule is CS(=O)(=O)C[C@@H]1C[C@@H]2CCC[C@@H]2N1. The lowest BCUT2D eigenvalue weighted by Crippen LogP contribution is -2.34. The van der Waals surface area contributed by atoms with Crippen LogP contribution in [0, 0.1) is 5.92 Å². The lowest BCUT2D eigenvalue weighted by atomic mass is 10.0. The van der Waals surface area contributed by atoms with Crippen LogP contribution in [0.4, 0.5) is 0 Å². The minimum atomic E-state index is -2.80. The second-order valence-electron chi connectivity index (χ2n) is 4.49. The van der Waals surface area contributed by atoms with Gasteiger partial charge in [-0.1, -0.05) is 6.42 Å². The molecule has 0 bridgehead atoms. The summed E-state index contributed by atoms with van der Waals surface area (Å²) in [5.74, 6) is 1.08. The van der Waals surface area contributed by atoms with Gasteiger partial charge in [0.1, 0.15) is 9.84 Å². The van der Waals surface area contributed by atoms with Gasteiger partial charge in [-0.3, -0.25) is 0 Å². The molecular weight excluding hydrogens is 186 g/mol. The first kappa shape index (κ1) is 9.46. The summed E-state index contributed by atoms with van der Waals surface area (Å²) in [6, 6.07) is 0.844. The molecule has 2 aliphatic rings. The van der Waals surface area contributed by atoms with E-state index >= 15 is 0 Å². The molecule has 0 aromatic rings. The highest BCUT2D eigenvalue weighted by Crippen LogP contribution is 2.34. The fourth-order valence-electron chi connectivity index (χ4n) is 2.76. The molecular formula is C9H17NO2S. The van der Waals surface area contributed by atoms with Gasteiger partial charge in [0.2, 0.25) is 0 Å². The van der Waals surface area contributed by atoms with Crippen molar-refractivity contribution in [1.82, 2.24) is 5.32 Å². The summed E-state index contributed by atoms with van der Waals surface area (Å²) in [4.78, 5) is 0. The third-order valence-electron chi connectivity index (χ3n) is 3.20. The average Bonchev–Trinajstić information content (AvgIpc) is 2.40. The van der Waals surface area contributed by atoms with Gasteiger partial charge < -0.3 is 5.32 Å². The Morgan fingerprint density at radius 2 is 2.15 bits per heavy atom. The molecule has 0 spiro atoms. The average molecular weight is 203 g/mol. The Morgan fingerprint density at radius 1 is 1.38 bits per heavy atom. The van der Waals surface area contributed by atoms with Crippen LogP contribution in [-0.4, -0.2) is 32.5 Å². The summed E-state index contributed by atoms with van der Waals surface area (Å²) in [6.45, 7) is 0. The number of hydrogen-bond donors (Lipinski definition) is 1. The summed E-state index contributed by atoms with van der Waals surface area (Å²) < 4.78 is 22.1. The topological polar surface area (TPSA) is 46.2 Å². The molecule has 0 aromatic heterocycles. The van der Waals surface area contributed by atoms with E-state index in [1.807, 2.05) is 0 Å². The molecule has 1 aliphatic carbocycles. The van der Waals surface area contributed by atoms with E-state index in [4.69, 9.17) is 0 Å². The van der Waals surface area contributed by atoms with Gasteiger partial charge >= 0.3 is 0 Å². The zero-order chi connectivity index (χ0) is 9.47. The smallest absolute Gasteiger partial charge is 0.148 e. The van der Waals surface area contributed by atoms with Gasteiger partial charge in [0.25, 0.3) is 0 Å². The first-order valence-corrected chi connectivity index (χ1v) is 7.04. The van der Waals surface area contributed by atoms with E-state index in [2.05, 4.69) is 5.32 Å². The Balaban J connectivity index is 1.92. The van der Waals surface area contributed by atoms with Crippen molar-refractivity contribution in [3.05, 3.63) is 0 Å². The van der Waals surface area contributed by atoms with Gasteiger partial charge in [0.15, 0.2) is 0 Å². The van der Waals surface area contributed by atoms with Crippen molar-refractivity contribution in [2.45, 2.75) is 37.8 Å². The van der Waals surface area contributed by atoms with Crippen molar-refractivity contribution in [2.24, 2.45) is 5.92 Å². The van der Waals surface area contributed by atoms with Crippen LogP contribution >= 0.6 is 0 Å². The molecule has 3 nitrogen and oxygen atoms in total. The molecule has 1 saturated carbocycles. The maximum absolute atomic E-state index is 11.1. The van der Waals surface area contributed by atoms with Gasteiger partial charge in [0, 0.05) is 18.3 Å². The van der Waals surface area contributed by atoms with E-state index in [0.717, 1.165) is 12.3 Å². The number of rotatable bonds is 2. The molecule has 1 heterocycles. The van der Waals surface area contributed by atoms with Crippen LogP contribution in [-0.2, 0) is 9.84 Å². The van der Waals surface area contributed by atoms with E-state index in [1.54, 1.807) is 0 Å². The van der Waals surface area contributed by atoms with Crippen LogP contribution in [0.3, 0.4) is 0 Å². The first-order chi connectivity index (χ1) is 6.04. The van der Waals surface area contributed by atoms with Crippen molar-refractivity contribution in [2.75, 3.05) is 12.0 Å². The molecule has 2 rings (SSSR count). The summed E-state index contributed by atoms with van der Waals surface area (Å²) in [7, 11) is -2.80. The van der Waals surface area contributed by atoms with Crippen LogP contribution in [0.5, 0.6) is 0 Å².